The molecule has 0 bridgehead atoms. The molecule has 112 valence electrons. The van der Waals surface area contributed by atoms with E-state index < -0.39 is 10.0 Å². The standard InChI is InChI=1S/C14H22N2O3S/c1-11(2)19-7-6-16(3)20(17,18)14-5-4-12-9-15-10-13(12)8-14/h4-5,8,11,15H,6-7,9-10H2,1-3H3. The van der Waals surface area contributed by atoms with Gasteiger partial charge in [-0.3, -0.25) is 0 Å². The second kappa shape index (κ2) is 6.22. The minimum absolute atomic E-state index is 0.108. The molecule has 20 heavy (non-hydrogen) atoms. The van der Waals surface area contributed by atoms with Crippen LogP contribution in [0.3, 0.4) is 0 Å². The van der Waals surface area contributed by atoms with E-state index in [1.54, 1.807) is 19.2 Å². The molecule has 0 saturated heterocycles. The van der Waals surface area contributed by atoms with Crippen molar-refractivity contribution < 1.29 is 13.2 Å². The Morgan fingerprint density at radius 3 is 2.70 bits per heavy atom. The fourth-order valence-corrected chi connectivity index (χ4v) is 3.35. The van der Waals surface area contributed by atoms with Gasteiger partial charge >= 0.3 is 0 Å². The number of likely N-dealkylation sites (N-methyl/N-ethyl adjacent to an activating group) is 1. The number of hydrogen-bond acceptors (Lipinski definition) is 4. The van der Waals surface area contributed by atoms with Crippen LogP contribution < -0.4 is 5.32 Å². The Labute approximate surface area is 121 Å². The molecule has 0 fully saturated rings. The van der Waals surface area contributed by atoms with Gasteiger partial charge in [0.1, 0.15) is 0 Å². The summed E-state index contributed by atoms with van der Waals surface area (Å²) in [4.78, 5) is 0.354. The monoisotopic (exact) mass is 298 g/mol. The van der Waals surface area contributed by atoms with Crippen molar-refractivity contribution in [2.45, 2.75) is 37.9 Å². The van der Waals surface area contributed by atoms with Gasteiger partial charge in [-0.1, -0.05) is 6.07 Å². The molecule has 6 heteroatoms. The maximum Gasteiger partial charge on any atom is 0.242 e. The van der Waals surface area contributed by atoms with Crippen molar-refractivity contribution in [2.24, 2.45) is 0 Å². The predicted molar refractivity (Wildman–Crippen MR) is 77.9 cm³/mol. The highest BCUT2D eigenvalue weighted by molar-refractivity contribution is 7.89. The summed E-state index contributed by atoms with van der Waals surface area (Å²) < 4.78 is 31.7. The van der Waals surface area contributed by atoms with Gasteiger partial charge in [0, 0.05) is 26.7 Å². The minimum atomic E-state index is -3.43. The SMILES string of the molecule is CC(C)OCCN(C)S(=O)(=O)c1ccc2c(c1)CNC2. The van der Waals surface area contributed by atoms with Gasteiger partial charge in [0.05, 0.1) is 17.6 Å². The molecule has 1 aromatic carbocycles. The normalized spacial score (nSPS) is 15.1. The van der Waals surface area contributed by atoms with Crippen molar-refractivity contribution >= 4 is 10.0 Å². The Balaban J connectivity index is 2.09. The van der Waals surface area contributed by atoms with Crippen LogP contribution in [-0.4, -0.2) is 39.0 Å². The maximum absolute atomic E-state index is 12.5. The van der Waals surface area contributed by atoms with Crippen molar-refractivity contribution in [1.82, 2.24) is 9.62 Å². The first-order chi connectivity index (χ1) is 9.41. The van der Waals surface area contributed by atoms with E-state index in [1.807, 2.05) is 19.9 Å². The van der Waals surface area contributed by atoms with Gasteiger partial charge in [-0.2, -0.15) is 4.31 Å². The lowest BCUT2D eigenvalue weighted by molar-refractivity contribution is 0.0737. The van der Waals surface area contributed by atoms with E-state index in [4.69, 9.17) is 4.74 Å². The predicted octanol–water partition coefficient (Wildman–Crippen LogP) is 1.34. The van der Waals surface area contributed by atoms with Crippen LogP contribution >= 0.6 is 0 Å². The van der Waals surface area contributed by atoms with Gasteiger partial charge < -0.3 is 10.1 Å². The van der Waals surface area contributed by atoms with E-state index in [9.17, 15) is 8.42 Å². The van der Waals surface area contributed by atoms with Crippen LogP contribution in [0.25, 0.3) is 0 Å². The third-order valence-corrected chi connectivity index (χ3v) is 5.23. The first-order valence-corrected chi connectivity index (χ1v) is 8.25. The number of benzene rings is 1. The molecule has 5 nitrogen and oxygen atoms in total. The molecule has 1 N–H and O–H groups in total. The smallest absolute Gasteiger partial charge is 0.242 e. The second-order valence-corrected chi connectivity index (χ2v) is 7.33. The highest BCUT2D eigenvalue weighted by Gasteiger charge is 2.22. The van der Waals surface area contributed by atoms with Crippen LogP contribution in [0.2, 0.25) is 0 Å². The Hall–Kier alpha value is -0.950. The summed E-state index contributed by atoms with van der Waals surface area (Å²) in [7, 11) is -1.85. The summed E-state index contributed by atoms with van der Waals surface area (Å²) in [5, 5.41) is 3.21. The molecule has 0 atom stereocenters. The fourth-order valence-electron chi connectivity index (χ4n) is 2.15. The summed E-state index contributed by atoms with van der Waals surface area (Å²) in [6.45, 7) is 6.17. The largest absolute Gasteiger partial charge is 0.377 e. The maximum atomic E-state index is 12.5. The van der Waals surface area contributed by atoms with Crippen molar-refractivity contribution in [3.63, 3.8) is 0 Å². The lowest BCUT2D eigenvalue weighted by Gasteiger charge is -2.18. The molecule has 1 aliphatic rings. The molecule has 0 saturated carbocycles. The molecule has 1 aliphatic heterocycles. The number of nitrogens with one attached hydrogen (secondary N) is 1. The summed E-state index contributed by atoms with van der Waals surface area (Å²) in [6, 6.07) is 5.34. The quantitative estimate of drug-likeness (QED) is 0.861. The zero-order chi connectivity index (χ0) is 14.8. The molecule has 1 heterocycles. The number of ether oxygens (including phenoxy) is 1. The van der Waals surface area contributed by atoms with Crippen molar-refractivity contribution in [2.75, 3.05) is 20.2 Å². The number of hydrogen-bond donors (Lipinski definition) is 1. The topological polar surface area (TPSA) is 58.6 Å². The Morgan fingerprint density at radius 1 is 1.30 bits per heavy atom. The molecule has 2 rings (SSSR count). The average Bonchev–Trinajstić information content (AvgIpc) is 2.85. The molecular weight excluding hydrogens is 276 g/mol. The summed E-state index contributed by atoms with van der Waals surface area (Å²) in [6.07, 6.45) is 0.108. The van der Waals surface area contributed by atoms with Crippen molar-refractivity contribution in [3.05, 3.63) is 29.3 Å². The fraction of sp³-hybridized carbons (Fsp3) is 0.571. The molecule has 0 aromatic heterocycles. The van der Waals surface area contributed by atoms with Crippen LogP contribution in [0, 0.1) is 0 Å². The van der Waals surface area contributed by atoms with Crippen LogP contribution in [0.5, 0.6) is 0 Å². The van der Waals surface area contributed by atoms with Gasteiger partial charge in [0.25, 0.3) is 0 Å². The molecule has 0 radical (unpaired) electrons. The van der Waals surface area contributed by atoms with Crippen LogP contribution in [-0.2, 0) is 27.8 Å². The number of nitrogens with zero attached hydrogens (tertiary/aromatic N) is 1. The van der Waals surface area contributed by atoms with E-state index in [2.05, 4.69) is 5.32 Å². The van der Waals surface area contributed by atoms with Crippen LogP contribution in [0.4, 0.5) is 0 Å². The number of rotatable bonds is 6. The molecule has 1 aromatic rings. The van der Waals surface area contributed by atoms with Crippen LogP contribution in [0.15, 0.2) is 23.1 Å². The van der Waals surface area contributed by atoms with E-state index in [1.165, 1.54) is 9.87 Å². The van der Waals surface area contributed by atoms with Crippen LogP contribution in [0.1, 0.15) is 25.0 Å². The molecule has 0 amide bonds. The molecule has 0 aliphatic carbocycles. The van der Waals surface area contributed by atoms with Gasteiger partial charge in [0.2, 0.25) is 10.0 Å². The number of sulfonamides is 1. The Kier molecular flexibility index (Phi) is 4.80. The van der Waals surface area contributed by atoms with Crippen molar-refractivity contribution in [3.8, 4) is 0 Å². The highest BCUT2D eigenvalue weighted by atomic mass is 32.2. The van der Waals surface area contributed by atoms with E-state index in [-0.39, 0.29) is 6.10 Å². The van der Waals surface area contributed by atoms with Gasteiger partial charge in [-0.05, 0) is 37.1 Å². The summed E-state index contributed by atoms with van der Waals surface area (Å²) >= 11 is 0. The lowest BCUT2D eigenvalue weighted by Crippen LogP contribution is -2.31. The molecular formula is C14H22N2O3S. The second-order valence-electron chi connectivity index (χ2n) is 5.28. The van der Waals surface area contributed by atoms with Crippen molar-refractivity contribution in [1.29, 1.82) is 0 Å². The molecule has 0 unspecified atom stereocenters. The van der Waals surface area contributed by atoms with E-state index >= 15 is 0 Å². The zero-order valence-corrected chi connectivity index (χ0v) is 13.0. The first kappa shape index (κ1) is 15.4. The van der Waals surface area contributed by atoms with Gasteiger partial charge in [-0.15, -0.1) is 0 Å². The lowest BCUT2D eigenvalue weighted by atomic mass is 10.1. The van der Waals surface area contributed by atoms with E-state index in [0.717, 1.165) is 18.7 Å². The van der Waals surface area contributed by atoms with Gasteiger partial charge in [0.15, 0.2) is 0 Å². The number of fused-ring (bicyclic) bond motifs is 1. The summed E-state index contributed by atoms with van der Waals surface area (Å²) in [5.74, 6) is 0. The summed E-state index contributed by atoms with van der Waals surface area (Å²) in [5.41, 5.74) is 2.24. The third kappa shape index (κ3) is 3.38. The third-order valence-electron chi connectivity index (χ3n) is 3.37. The van der Waals surface area contributed by atoms with E-state index in [0.29, 0.717) is 18.0 Å². The van der Waals surface area contributed by atoms with Gasteiger partial charge in [-0.25, -0.2) is 8.42 Å². The average molecular weight is 298 g/mol. The Morgan fingerprint density at radius 2 is 2.00 bits per heavy atom. The highest BCUT2D eigenvalue weighted by Crippen LogP contribution is 2.21. The Bertz CT molecular complexity index is 570. The first-order valence-electron chi connectivity index (χ1n) is 6.81. The molecule has 0 spiro atoms. The minimum Gasteiger partial charge on any atom is -0.377 e. The zero-order valence-electron chi connectivity index (χ0n) is 12.2.